The molecule has 4 heteroatoms. The fourth-order valence-electron chi connectivity index (χ4n) is 2.96. The summed E-state index contributed by atoms with van der Waals surface area (Å²) in [7, 11) is 0. The van der Waals surface area contributed by atoms with Crippen molar-refractivity contribution in [1.82, 2.24) is 10.2 Å². The molecule has 1 aromatic rings. The Hall–Kier alpha value is -1.10. The molecule has 0 aromatic heterocycles. The van der Waals surface area contributed by atoms with Gasteiger partial charge in [0.25, 0.3) is 0 Å². The number of aliphatic hydroxyl groups excluding tert-OH is 1. The van der Waals surface area contributed by atoms with Crippen LogP contribution in [0.25, 0.3) is 0 Å². The maximum absolute atomic E-state index is 10.6. The van der Waals surface area contributed by atoms with Crippen LogP contribution in [0.3, 0.4) is 0 Å². The number of piperazine rings is 1. The average molecular weight is 320 g/mol. The summed E-state index contributed by atoms with van der Waals surface area (Å²) in [6.07, 6.45) is 1.32. The Kier molecular flexibility index (Phi) is 7.34. The largest absolute Gasteiger partial charge is 0.493 e. The molecule has 1 fully saturated rings. The van der Waals surface area contributed by atoms with Crippen molar-refractivity contribution in [2.75, 3.05) is 39.3 Å². The highest BCUT2D eigenvalue weighted by molar-refractivity contribution is 5.37. The SMILES string of the molecule is CCc1cc(OCC(C)C)ccc1C(O)CCN1CCNCC1. The number of nitrogens with zero attached hydrogens (tertiary/aromatic N) is 1. The lowest BCUT2D eigenvalue weighted by Gasteiger charge is -2.28. The van der Waals surface area contributed by atoms with E-state index in [1.165, 1.54) is 5.56 Å². The standard InChI is InChI=1S/C19H32N2O2/c1-4-16-13-17(23-14-15(2)3)5-6-18(16)19(22)7-10-21-11-8-20-9-12-21/h5-6,13,15,19-20,22H,4,7-12,14H2,1-3H3. The number of ether oxygens (including phenoxy) is 1. The van der Waals surface area contributed by atoms with Gasteiger partial charge in [-0.15, -0.1) is 0 Å². The zero-order valence-corrected chi connectivity index (χ0v) is 14.8. The summed E-state index contributed by atoms with van der Waals surface area (Å²) < 4.78 is 5.80. The van der Waals surface area contributed by atoms with E-state index in [0.717, 1.165) is 63.5 Å². The van der Waals surface area contributed by atoms with Gasteiger partial charge >= 0.3 is 0 Å². The van der Waals surface area contributed by atoms with Crippen LogP contribution in [0, 0.1) is 5.92 Å². The normalized spacial score (nSPS) is 17.4. The Labute approximate surface area is 140 Å². The van der Waals surface area contributed by atoms with Crippen molar-refractivity contribution < 1.29 is 9.84 Å². The lowest BCUT2D eigenvalue weighted by Crippen LogP contribution is -2.44. The van der Waals surface area contributed by atoms with Crippen LogP contribution in [0.5, 0.6) is 5.75 Å². The lowest BCUT2D eigenvalue weighted by molar-refractivity contribution is 0.136. The van der Waals surface area contributed by atoms with Crippen LogP contribution < -0.4 is 10.1 Å². The van der Waals surface area contributed by atoms with Crippen molar-refractivity contribution in [3.63, 3.8) is 0 Å². The molecule has 2 N–H and O–H groups in total. The van der Waals surface area contributed by atoms with Crippen LogP contribution >= 0.6 is 0 Å². The zero-order valence-electron chi connectivity index (χ0n) is 14.8. The second kappa shape index (κ2) is 9.26. The Bertz CT molecular complexity index is 470. The summed E-state index contributed by atoms with van der Waals surface area (Å²) in [5.41, 5.74) is 2.25. The molecule has 0 spiro atoms. The fraction of sp³-hybridized carbons (Fsp3) is 0.684. The molecule has 1 aliphatic heterocycles. The molecule has 0 saturated carbocycles. The molecular formula is C19H32N2O2. The van der Waals surface area contributed by atoms with Crippen LogP contribution in [0.2, 0.25) is 0 Å². The van der Waals surface area contributed by atoms with Gasteiger partial charge in [0.05, 0.1) is 12.7 Å². The lowest BCUT2D eigenvalue weighted by atomic mass is 9.98. The first-order chi connectivity index (χ1) is 11.1. The quantitative estimate of drug-likeness (QED) is 0.773. The second-order valence-corrected chi connectivity index (χ2v) is 6.82. The van der Waals surface area contributed by atoms with Gasteiger partial charge in [0.1, 0.15) is 5.75 Å². The third kappa shape index (κ3) is 5.79. The molecule has 1 saturated heterocycles. The number of benzene rings is 1. The van der Waals surface area contributed by atoms with Gasteiger partial charge in [-0.1, -0.05) is 26.8 Å². The molecule has 0 bridgehead atoms. The predicted molar refractivity (Wildman–Crippen MR) is 95.0 cm³/mol. The molecule has 1 unspecified atom stereocenters. The van der Waals surface area contributed by atoms with E-state index < -0.39 is 0 Å². The highest BCUT2D eigenvalue weighted by Gasteiger charge is 2.16. The second-order valence-electron chi connectivity index (χ2n) is 6.82. The molecule has 0 amide bonds. The molecular weight excluding hydrogens is 288 g/mol. The van der Waals surface area contributed by atoms with Crippen LogP contribution in [-0.2, 0) is 6.42 Å². The van der Waals surface area contributed by atoms with E-state index in [9.17, 15) is 5.11 Å². The van der Waals surface area contributed by atoms with E-state index in [1.807, 2.05) is 12.1 Å². The van der Waals surface area contributed by atoms with Gasteiger partial charge in [0, 0.05) is 32.7 Å². The van der Waals surface area contributed by atoms with E-state index in [-0.39, 0.29) is 6.10 Å². The van der Waals surface area contributed by atoms with Crippen molar-refractivity contribution in [1.29, 1.82) is 0 Å². The number of nitrogens with one attached hydrogen (secondary N) is 1. The number of hydrogen-bond acceptors (Lipinski definition) is 4. The van der Waals surface area contributed by atoms with Crippen molar-refractivity contribution >= 4 is 0 Å². The molecule has 1 heterocycles. The van der Waals surface area contributed by atoms with E-state index in [2.05, 4.69) is 37.1 Å². The molecule has 0 radical (unpaired) electrons. The van der Waals surface area contributed by atoms with Gasteiger partial charge in [0.2, 0.25) is 0 Å². The van der Waals surface area contributed by atoms with Gasteiger partial charge in [-0.25, -0.2) is 0 Å². The minimum atomic E-state index is -0.390. The minimum absolute atomic E-state index is 0.390. The van der Waals surface area contributed by atoms with E-state index in [1.54, 1.807) is 0 Å². The maximum atomic E-state index is 10.6. The Morgan fingerprint density at radius 1 is 1.26 bits per heavy atom. The minimum Gasteiger partial charge on any atom is -0.493 e. The van der Waals surface area contributed by atoms with E-state index >= 15 is 0 Å². The third-order valence-electron chi connectivity index (χ3n) is 4.37. The van der Waals surface area contributed by atoms with Crippen molar-refractivity contribution in [3.05, 3.63) is 29.3 Å². The summed E-state index contributed by atoms with van der Waals surface area (Å²) in [6.45, 7) is 12.4. The summed E-state index contributed by atoms with van der Waals surface area (Å²) in [4.78, 5) is 2.42. The molecule has 0 aliphatic carbocycles. The maximum Gasteiger partial charge on any atom is 0.119 e. The number of aryl methyl sites for hydroxylation is 1. The molecule has 130 valence electrons. The zero-order chi connectivity index (χ0) is 16.7. The first-order valence-corrected chi connectivity index (χ1v) is 8.97. The first-order valence-electron chi connectivity index (χ1n) is 8.97. The number of aliphatic hydroxyl groups is 1. The molecule has 1 aliphatic rings. The molecule has 4 nitrogen and oxygen atoms in total. The summed E-state index contributed by atoms with van der Waals surface area (Å²) in [5, 5.41) is 13.9. The Morgan fingerprint density at radius 3 is 2.65 bits per heavy atom. The van der Waals surface area contributed by atoms with Gasteiger partial charge in [-0.3, -0.25) is 0 Å². The van der Waals surface area contributed by atoms with E-state index in [4.69, 9.17) is 4.74 Å². The molecule has 1 aromatic carbocycles. The van der Waals surface area contributed by atoms with Crippen LogP contribution in [0.1, 0.15) is 44.4 Å². The van der Waals surface area contributed by atoms with Gasteiger partial charge in [0.15, 0.2) is 0 Å². The fourth-order valence-corrected chi connectivity index (χ4v) is 2.96. The summed E-state index contributed by atoms with van der Waals surface area (Å²) >= 11 is 0. The van der Waals surface area contributed by atoms with Crippen LogP contribution in [0.4, 0.5) is 0 Å². The summed E-state index contributed by atoms with van der Waals surface area (Å²) in [6, 6.07) is 6.12. The van der Waals surface area contributed by atoms with Crippen LogP contribution in [-0.4, -0.2) is 49.3 Å². The topological polar surface area (TPSA) is 44.7 Å². The molecule has 2 rings (SSSR count). The summed E-state index contributed by atoms with van der Waals surface area (Å²) in [5.74, 6) is 1.43. The predicted octanol–water partition coefficient (Wildman–Crippen LogP) is 2.61. The smallest absolute Gasteiger partial charge is 0.119 e. The number of rotatable bonds is 8. The van der Waals surface area contributed by atoms with Gasteiger partial charge < -0.3 is 20.1 Å². The van der Waals surface area contributed by atoms with Gasteiger partial charge in [-0.05, 0) is 42.0 Å². The Morgan fingerprint density at radius 2 is 2.00 bits per heavy atom. The average Bonchev–Trinajstić information content (AvgIpc) is 2.58. The van der Waals surface area contributed by atoms with E-state index in [0.29, 0.717) is 5.92 Å². The van der Waals surface area contributed by atoms with Crippen molar-refractivity contribution in [3.8, 4) is 5.75 Å². The van der Waals surface area contributed by atoms with Crippen molar-refractivity contribution in [2.24, 2.45) is 5.92 Å². The highest BCUT2D eigenvalue weighted by Crippen LogP contribution is 2.26. The van der Waals surface area contributed by atoms with Gasteiger partial charge in [-0.2, -0.15) is 0 Å². The number of hydrogen-bond donors (Lipinski definition) is 2. The van der Waals surface area contributed by atoms with Crippen molar-refractivity contribution in [2.45, 2.75) is 39.7 Å². The third-order valence-corrected chi connectivity index (χ3v) is 4.37. The monoisotopic (exact) mass is 320 g/mol. The molecule has 1 atom stereocenters. The highest BCUT2D eigenvalue weighted by atomic mass is 16.5. The molecule has 23 heavy (non-hydrogen) atoms. The Balaban J connectivity index is 1.93. The van der Waals surface area contributed by atoms with Crippen LogP contribution in [0.15, 0.2) is 18.2 Å². The first kappa shape index (κ1) is 18.2.